The summed E-state index contributed by atoms with van der Waals surface area (Å²) in [6, 6.07) is 16.4. The SMILES string of the molecule is CNCc1cccc([C@H]2CC[C@H](N(C)C(=O)c3ccc(Cl)cc3)CC2)c1. The van der Waals surface area contributed by atoms with Crippen LogP contribution >= 0.6 is 11.6 Å². The first kappa shape index (κ1) is 18.9. The number of carbonyl (C=O) groups is 1. The molecule has 0 saturated heterocycles. The number of hydrogen-bond donors (Lipinski definition) is 1. The third-order valence-corrected chi connectivity index (χ3v) is 5.71. The fourth-order valence-electron chi connectivity index (χ4n) is 3.92. The lowest BCUT2D eigenvalue weighted by atomic mass is 9.81. The Bertz CT molecular complexity index is 736. The fraction of sp³-hybridized carbons (Fsp3) is 0.409. The molecule has 3 rings (SSSR count). The van der Waals surface area contributed by atoms with Gasteiger partial charge in [0.05, 0.1) is 0 Å². The van der Waals surface area contributed by atoms with Crippen LogP contribution in [-0.4, -0.2) is 30.9 Å². The minimum absolute atomic E-state index is 0.0844. The van der Waals surface area contributed by atoms with E-state index in [4.69, 9.17) is 11.6 Å². The lowest BCUT2D eigenvalue weighted by Gasteiger charge is -2.35. The van der Waals surface area contributed by atoms with Crippen molar-refractivity contribution in [3.63, 3.8) is 0 Å². The van der Waals surface area contributed by atoms with Crippen LogP contribution in [0.4, 0.5) is 0 Å². The van der Waals surface area contributed by atoms with Crippen LogP contribution in [0.2, 0.25) is 5.02 Å². The van der Waals surface area contributed by atoms with E-state index >= 15 is 0 Å². The van der Waals surface area contributed by atoms with Gasteiger partial charge in [0.2, 0.25) is 0 Å². The van der Waals surface area contributed by atoms with Crippen LogP contribution in [0.15, 0.2) is 48.5 Å². The number of amides is 1. The van der Waals surface area contributed by atoms with E-state index in [1.165, 1.54) is 11.1 Å². The molecule has 1 aliphatic carbocycles. The van der Waals surface area contributed by atoms with Gasteiger partial charge in [-0.2, -0.15) is 0 Å². The van der Waals surface area contributed by atoms with Crippen molar-refractivity contribution < 1.29 is 4.79 Å². The number of benzene rings is 2. The summed E-state index contributed by atoms with van der Waals surface area (Å²) in [5.41, 5.74) is 3.48. The average Bonchev–Trinajstić information content (AvgIpc) is 2.68. The van der Waals surface area contributed by atoms with Gasteiger partial charge in [0.25, 0.3) is 5.91 Å². The quantitative estimate of drug-likeness (QED) is 0.815. The number of hydrogen-bond acceptors (Lipinski definition) is 2. The maximum absolute atomic E-state index is 12.7. The largest absolute Gasteiger partial charge is 0.339 e. The molecule has 0 aliphatic heterocycles. The Hall–Kier alpha value is -1.84. The highest BCUT2D eigenvalue weighted by atomic mass is 35.5. The first-order valence-corrected chi connectivity index (χ1v) is 9.72. The second-order valence-corrected chi connectivity index (χ2v) is 7.64. The summed E-state index contributed by atoms with van der Waals surface area (Å²) in [7, 11) is 3.90. The molecule has 0 radical (unpaired) electrons. The zero-order chi connectivity index (χ0) is 18.5. The van der Waals surface area contributed by atoms with E-state index in [0.29, 0.717) is 22.5 Å². The zero-order valence-electron chi connectivity index (χ0n) is 15.5. The van der Waals surface area contributed by atoms with Crippen molar-refractivity contribution in [2.45, 2.75) is 44.2 Å². The molecule has 1 fully saturated rings. The van der Waals surface area contributed by atoms with Crippen LogP contribution in [0.1, 0.15) is 53.1 Å². The van der Waals surface area contributed by atoms with Crippen LogP contribution in [0.3, 0.4) is 0 Å². The molecule has 0 atom stereocenters. The highest BCUT2D eigenvalue weighted by molar-refractivity contribution is 6.30. The number of halogens is 1. The third-order valence-electron chi connectivity index (χ3n) is 5.46. The highest BCUT2D eigenvalue weighted by Gasteiger charge is 2.27. The van der Waals surface area contributed by atoms with E-state index in [0.717, 1.165) is 32.2 Å². The van der Waals surface area contributed by atoms with Crippen molar-refractivity contribution in [3.05, 3.63) is 70.2 Å². The van der Waals surface area contributed by atoms with Crippen LogP contribution in [0.5, 0.6) is 0 Å². The molecule has 2 aromatic rings. The smallest absolute Gasteiger partial charge is 0.253 e. The van der Waals surface area contributed by atoms with Crippen LogP contribution in [0, 0.1) is 0 Å². The molecule has 1 amide bonds. The molecule has 0 unspecified atom stereocenters. The highest BCUT2D eigenvalue weighted by Crippen LogP contribution is 2.35. The van der Waals surface area contributed by atoms with E-state index in [1.54, 1.807) is 24.3 Å². The van der Waals surface area contributed by atoms with Crippen molar-refractivity contribution >= 4 is 17.5 Å². The number of nitrogens with one attached hydrogen (secondary N) is 1. The lowest BCUT2D eigenvalue weighted by molar-refractivity contribution is 0.0689. The standard InChI is InChI=1S/C22H27ClN2O/c1-24-15-16-4-3-5-19(14-16)17-8-12-21(13-9-17)25(2)22(26)18-6-10-20(23)11-7-18/h3-7,10-11,14,17,21,24H,8-9,12-13,15H2,1-2H3/t17-,21-. The lowest BCUT2D eigenvalue weighted by Crippen LogP contribution is -2.39. The fourth-order valence-corrected chi connectivity index (χ4v) is 4.05. The Morgan fingerprint density at radius 1 is 1.12 bits per heavy atom. The Morgan fingerprint density at radius 3 is 2.46 bits per heavy atom. The van der Waals surface area contributed by atoms with E-state index in [9.17, 15) is 4.79 Å². The molecule has 138 valence electrons. The maximum atomic E-state index is 12.7. The second-order valence-electron chi connectivity index (χ2n) is 7.20. The zero-order valence-corrected chi connectivity index (χ0v) is 16.3. The Labute approximate surface area is 161 Å². The molecule has 1 saturated carbocycles. The topological polar surface area (TPSA) is 32.3 Å². The first-order valence-electron chi connectivity index (χ1n) is 9.34. The first-order chi connectivity index (χ1) is 12.6. The Balaban J connectivity index is 1.60. The van der Waals surface area contributed by atoms with Gasteiger partial charge >= 0.3 is 0 Å². The minimum Gasteiger partial charge on any atom is -0.339 e. The molecule has 4 heteroatoms. The van der Waals surface area contributed by atoms with Crippen LogP contribution in [-0.2, 0) is 6.54 Å². The molecule has 1 aliphatic rings. The van der Waals surface area contributed by atoms with Gasteiger partial charge in [-0.3, -0.25) is 4.79 Å². The molecule has 3 nitrogen and oxygen atoms in total. The minimum atomic E-state index is 0.0844. The van der Waals surface area contributed by atoms with Crippen molar-refractivity contribution in [1.82, 2.24) is 10.2 Å². The van der Waals surface area contributed by atoms with Crippen molar-refractivity contribution in [3.8, 4) is 0 Å². The summed E-state index contributed by atoms with van der Waals surface area (Å²) in [6.45, 7) is 0.904. The van der Waals surface area contributed by atoms with E-state index < -0.39 is 0 Å². The number of carbonyl (C=O) groups excluding carboxylic acids is 1. The van der Waals surface area contributed by atoms with Crippen molar-refractivity contribution in [2.75, 3.05) is 14.1 Å². The molecule has 0 aromatic heterocycles. The van der Waals surface area contributed by atoms with Gasteiger partial charge < -0.3 is 10.2 Å². The predicted molar refractivity (Wildman–Crippen MR) is 108 cm³/mol. The van der Waals surface area contributed by atoms with Gasteiger partial charge in [0.15, 0.2) is 0 Å². The molecule has 0 heterocycles. The molecular weight excluding hydrogens is 344 g/mol. The average molecular weight is 371 g/mol. The Morgan fingerprint density at radius 2 is 1.81 bits per heavy atom. The van der Waals surface area contributed by atoms with E-state index in [-0.39, 0.29) is 5.91 Å². The molecular formula is C22H27ClN2O. The van der Waals surface area contributed by atoms with Gasteiger partial charge in [-0.15, -0.1) is 0 Å². The third kappa shape index (κ3) is 4.46. The maximum Gasteiger partial charge on any atom is 0.253 e. The van der Waals surface area contributed by atoms with Gasteiger partial charge in [-0.05, 0) is 74.0 Å². The monoisotopic (exact) mass is 370 g/mol. The summed E-state index contributed by atoms with van der Waals surface area (Å²) >= 11 is 5.92. The van der Waals surface area contributed by atoms with Crippen molar-refractivity contribution in [2.24, 2.45) is 0 Å². The normalized spacial score (nSPS) is 20.0. The number of rotatable bonds is 5. The predicted octanol–water partition coefficient (Wildman–Crippen LogP) is 4.86. The van der Waals surface area contributed by atoms with Gasteiger partial charge in [0.1, 0.15) is 0 Å². The summed E-state index contributed by atoms with van der Waals surface area (Å²) < 4.78 is 0. The van der Waals surface area contributed by atoms with Gasteiger partial charge in [-0.1, -0.05) is 35.9 Å². The molecule has 0 spiro atoms. The summed E-state index contributed by atoms with van der Waals surface area (Å²) in [5, 5.41) is 3.87. The van der Waals surface area contributed by atoms with E-state index in [2.05, 4.69) is 29.6 Å². The van der Waals surface area contributed by atoms with Crippen LogP contribution in [0.25, 0.3) is 0 Å². The summed E-state index contributed by atoms with van der Waals surface area (Å²) in [4.78, 5) is 14.6. The molecule has 1 N–H and O–H groups in total. The van der Waals surface area contributed by atoms with Gasteiger partial charge in [-0.25, -0.2) is 0 Å². The van der Waals surface area contributed by atoms with E-state index in [1.807, 2.05) is 19.0 Å². The molecule has 2 aromatic carbocycles. The second kappa shape index (κ2) is 8.70. The molecule has 26 heavy (non-hydrogen) atoms. The summed E-state index contributed by atoms with van der Waals surface area (Å²) in [6.07, 6.45) is 4.37. The Kier molecular flexibility index (Phi) is 6.33. The van der Waals surface area contributed by atoms with Crippen molar-refractivity contribution in [1.29, 1.82) is 0 Å². The van der Waals surface area contributed by atoms with Crippen LogP contribution < -0.4 is 5.32 Å². The summed E-state index contributed by atoms with van der Waals surface area (Å²) in [5.74, 6) is 0.684. The van der Waals surface area contributed by atoms with Gasteiger partial charge in [0, 0.05) is 30.2 Å². The molecule has 0 bridgehead atoms. The number of nitrogens with zero attached hydrogens (tertiary/aromatic N) is 1.